The molecule has 3 atom stereocenters. The van der Waals surface area contributed by atoms with Crippen LogP contribution in [-0.2, 0) is 4.74 Å². The Kier molecular flexibility index (Phi) is 4.19. The number of aromatic nitrogens is 1. The number of pyridine rings is 1. The third-order valence-electron chi connectivity index (χ3n) is 3.22. The molecule has 0 aliphatic carbocycles. The predicted molar refractivity (Wildman–Crippen MR) is 70.5 cm³/mol. The van der Waals surface area contributed by atoms with Crippen LogP contribution in [0.2, 0.25) is 0 Å². The highest BCUT2D eigenvalue weighted by Gasteiger charge is 2.26. The molecule has 100 valence electrons. The largest absolute Gasteiger partial charge is 0.474 e. The lowest BCUT2D eigenvalue weighted by atomic mass is 10.0. The van der Waals surface area contributed by atoms with Crippen LogP contribution in [0.1, 0.15) is 45.2 Å². The molecule has 18 heavy (non-hydrogen) atoms. The van der Waals surface area contributed by atoms with Gasteiger partial charge in [0.2, 0.25) is 5.88 Å². The first-order valence-corrected chi connectivity index (χ1v) is 6.59. The Morgan fingerprint density at radius 2 is 2.06 bits per heavy atom. The van der Waals surface area contributed by atoms with Crippen molar-refractivity contribution >= 4 is 0 Å². The Hall–Kier alpha value is -1.13. The van der Waals surface area contributed by atoms with Gasteiger partial charge in [-0.3, -0.25) is 0 Å². The molecule has 1 saturated heterocycles. The van der Waals surface area contributed by atoms with E-state index in [2.05, 4.69) is 18.8 Å². The van der Waals surface area contributed by atoms with Crippen LogP contribution in [0, 0.1) is 0 Å². The topological polar surface area (TPSA) is 57.4 Å². The summed E-state index contributed by atoms with van der Waals surface area (Å²) in [6.07, 6.45) is 4.19. The number of nitrogens with zero attached hydrogens (tertiary/aromatic N) is 1. The molecule has 1 fully saturated rings. The average molecular weight is 250 g/mol. The smallest absolute Gasteiger partial charge is 0.218 e. The molecule has 0 radical (unpaired) electrons. The van der Waals surface area contributed by atoms with Crippen molar-refractivity contribution in [3.8, 4) is 5.88 Å². The Bertz CT molecular complexity index is 385. The van der Waals surface area contributed by atoms with Crippen molar-refractivity contribution in [1.82, 2.24) is 4.98 Å². The maximum absolute atomic E-state index is 6.02. The van der Waals surface area contributed by atoms with Crippen molar-refractivity contribution in [3.63, 3.8) is 0 Å². The summed E-state index contributed by atoms with van der Waals surface area (Å²) in [5, 5.41) is 0. The second kappa shape index (κ2) is 5.67. The minimum Gasteiger partial charge on any atom is -0.474 e. The summed E-state index contributed by atoms with van der Waals surface area (Å²) in [6, 6.07) is 3.79. The first-order chi connectivity index (χ1) is 8.56. The van der Waals surface area contributed by atoms with Gasteiger partial charge in [-0.1, -0.05) is 6.07 Å². The fraction of sp³-hybridized carbons (Fsp3) is 0.643. The van der Waals surface area contributed by atoms with Crippen LogP contribution in [0.15, 0.2) is 18.3 Å². The van der Waals surface area contributed by atoms with Gasteiger partial charge in [-0.05, 0) is 26.8 Å². The van der Waals surface area contributed by atoms with Gasteiger partial charge < -0.3 is 15.2 Å². The lowest BCUT2D eigenvalue weighted by molar-refractivity contribution is -0.0731. The van der Waals surface area contributed by atoms with Crippen molar-refractivity contribution in [3.05, 3.63) is 23.9 Å². The van der Waals surface area contributed by atoms with E-state index in [1.165, 1.54) is 0 Å². The van der Waals surface area contributed by atoms with Crippen LogP contribution in [-0.4, -0.2) is 23.3 Å². The molecule has 1 aliphatic heterocycles. The van der Waals surface area contributed by atoms with E-state index in [1.54, 1.807) is 6.20 Å². The van der Waals surface area contributed by atoms with Crippen LogP contribution < -0.4 is 10.5 Å². The minimum absolute atomic E-state index is 0.0663. The Morgan fingerprint density at radius 3 is 2.67 bits per heavy atom. The molecule has 2 N–H and O–H groups in total. The zero-order valence-corrected chi connectivity index (χ0v) is 11.3. The zero-order chi connectivity index (χ0) is 13.1. The lowest BCUT2D eigenvalue weighted by Gasteiger charge is -2.32. The van der Waals surface area contributed by atoms with Crippen LogP contribution in [0.5, 0.6) is 5.88 Å². The Labute approximate surface area is 108 Å². The molecule has 1 aliphatic rings. The van der Waals surface area contributed by atoms with Crippen LogP contribution in [0.3, 0.4) is 0 Å². The first-order valence-electron chi connectivity index (χ1n) is 6.59. The van der Waals surface area contributed by atoms with E-state index in [9.17, 15) is 0 Å². The molecule has 2 rings (SSSR count). The standard InChI is InChI=1S/C14H22N2O2/c1-9-7-12(8-10(2)17-9)18-14-13(11(3)15)5-4-6-16-14/h4-6,9-12H,7-8,15H2,1-3H3/t9?,10?,11-,12?/m1/s1. The van der Waals surface area contributed by atoms with Crippen molar-refractivity contribution in [2.75, 3.05) is 0 Å². The van der Waals surface area contributed by atoms with Crippen molar-refractivity contribution in [2.24, 2.45) is 5.73 Å². The number of ether oxygens (including phenoxy) is 2. The van der Waals surface area contributed by atoms with Gasteiger partial charge in [0.1, 0.15) is 6.10 Å². The summed E-state index contributed by atoms with van der Waals surface area (Å²) in [7, 11) is 0. The molecule has 0 saturated carbocycles. The second-order valence-corrected chi connectivity index (χ2v) is 5.16. The normalized spacial score (nSPS) is 29.9. The van der Waals surface area contributed by atoms with Gasteiger partial charge in [-0.25, -0.2) is 4.98 Å². The van der Waals surface area contributed by atoms with Crippen molar-refractivity contribution < 1.29 is 9.47 Å². The van der Waals surface area contributed by atoms with Gasteiger partial charge in [-0.2, -0.15) is 0 Å². The highest BCUT2D eigenvalue weighted by Crippen LogP contribution is 2.27. The van der Waals surface area contributed by atoms with Crippen LogP contribution in [0.4, 0.5) is 0 Å². The van der Waals surface area contributed by atoms with E-state index in [4.69, 9.17) is 15.2 Å². The number of hydrogen-bond acceptors (Lipinski definition) is 4. The van der Waals surface area contributed by atoms with E-state index in [0.29, 0.717) is 5.88 Å². The molecule has 1 aromatic rings. The number of rotatable bonds is 3. The minimum atomic E-state index is -0.0663. The molecule has 0 spiro atoms. The first kappa shape index (κ1) is 13.3. The predicted octanol–water partition coefficient (Wildman–Crippen LogP) is 2.44. The second-order valence-electron chi connectivity index (χ2n) is 5.16. The Balaban J connectivity index is 2.09. The summed E-state index contributed by atoms with van der Waals surface area (Å²) in [5.41, 5.74) is 6.89. The van der Waals surface area contributed by atoms with E-state index in [-0.39, 0.29) is 24.4 Å². The fourth-order valence-corrected chi connectivity index (χ4v) is 2.45. The van der Waals surface area contributed by atoms with Gasteiger partial charge in [0, 0.05) is 30.6 Å². The fourth-order valence-electron chi connectivity index (χ4n) is 2.45. The third kappa shape index (κ3) is 3.21. The molecule has 0 amide bonds. The number of nitrogens with two attached hydrogens (primary N) is 1. The summed E-state index contributed by atoms with van der Waals surface area (Å²) in [5.74, 6) is 0.666. The van der Waals surface area contributed by atoms with E-state index in [1.807, 2.05) is 19.1 Å². The Morgan fingerprint density at radius 1 is 1.39 bits per heavy atom. The molecule has 4 nitrogen and oxygen atoms in total. The number of hydrogen-bond donors (Lipinski definition) is 1. The molecule has 0 bridgehead atoms. The highest BCUT2D eigenvalue weighted by molar-refractivity contribution is 5.28. The van der Waals surface area contributed by atoms with Crippen LogP contribution >= 0.6 is 0 Å². The van der Waals surface area contributed by atoms with Gasteiger partial charge in [0.15, 0.2) is 0 Å². The molecular formula is C14H22N2O2. The van der Waals surface area contributed by atoms with E-state index in [0.717, 1.165) is 18.4 Å². The monoisotopic (exact) mass is 250 g/mol. The molecule has 0 aromatic carbocycles. The van der Waals surface area contributed by atoms with E-state index >= 15 is 0 Å². The van der Waals surface area contributed by atoms with Crippen LogP contribution in [0.25, 0.3) is 0 Å². The molecule has 4 heteroatoms. The quantitative estimate of drug-likeness (QED) is 0.895. The van der Waals surface area contributed by atoms with Gasteiger partial charge in [0.25, 0.3) is 0 Å². The summed E-state index contributed by atoms with van der Waals surface area (Å²) in [4.78, 5) is 4.30. The van der Waals surface area contributed by atoms with Gasteiger partial charge in [0.05, 0.1) is 12.2 Å². The zero-order valence-electron chi connectivity index (χ0n) is 11.3. The highest BCUT2D eigenvalue weighted by atomic mass is 16.5. The maximum atomic E-state index is 6.02. The molecular weight excluding hydrogens is 228 g/mol. The van der Waals surface area contributed by atoms with Crippen molar-refractivity contribution in [2.45, 2.75) is 58.0 Å². The average Bonchev–Trinajstić information content (AvgIpc) is 2.27. The summed E-state index contributed by atoms with van der Waals surface area (Å²) >= 11 is 0. The van der Waals surface area contributed by atoms with Crippen molar-refractivity contribution in [1.29, 1.82) is 0 Å². The maximum Gasteiger partial charge on any atom is 0.218 e. The summed E-state index contributed by atoms with van der Waals surface area (Å²) < 4.78 is 11.7. The molecule has 1 aromatic heterocycles. The SMILES string of the molecule is CC1CC(Oc2ncccc2[C@@H](C)N)CC(C)O1. The van der Waals surface area contributed by atoms with E-state index < -0.39 is 0 Å². The lowest BCUT2D eigenvalue weighted by Crippen LogP contribution is -2.36. The third-order valence-corrected chi connectivity index (χ3v) is 3.22. The molecule has 2 unspecified atom stereocenters. The van der Waals surface area contributed by atoms with Gasteiger partial charge in [-0.15, -0.1) is 0 Å². The summed E-state index contributed by atoms with van der Waals surface area (Å²) in [6.45, 7) is 6.10. The molecule has 2 heterocycles. The van der Waals surface area contributed by atoms with Gasteiger partial charge >= 0.3 is 0 Å².